The lowest BCUT2D eigenvalue weighted by Crippen LogP contribution is -2.21. The Kier molecular flexibility index (Phi) is 3.75. The summed E-state index contributed by atoms with van der Waals surface area (Å²) in [4.78, 5) is 13.1. The molecule has 0 unspecified atom stereocenters. The van der Waals surface area contributed by atoms with Crippen molar-refractivity contribution in [2.45, 2.75) is 5.03 Å². The minimum atomic E-state index is -3.68. The van der Waals surface area contributed by atoms with Crippen molar-refractivity contribution in [1.29, 1.82) is 0 Å². The van der Waals surface area contributed by atoms with E-state index in [1.807, 2.05) is 0 Å². The first-order chi connectivity index (χ1) is 9.40. The minimum Gasteiger partial charge on any atom is -0.345 e. The van der Waals surface area contributed by atoms with Crippen molar-refractivity contribution in [2.75, 3.05) is 18.8 Å². The first kappa shape index (κ1) is 14.1. The van der Waals surface area contributed by atoms with Crippen LogP contribution < -0.4 is 4.72 Å². The molecule has 106 valence electrons. The Balaban J connectivity index is 2.18. The predicted octanol–water partition coefficient (Wildman–Crippen LogP) is 0.912. The molecule has 0 bridgehead atoms. The van der Waals surface area contributed by atoms with Gasteiger partial charge in [-0.1, -0.05) is 0 Å². The second-order valence-corrected chi connectivity index (χ2v) is 5.95. The summed E-state index contributed by atoms with van der Waals surface area (Å²) in [6, 6.07) is 7.54. The van der Waals surface area contributed by atoms with Crippen LogP contribution >= 0.6 is 0 Å². The van der Waals surface area contributed by atoms with Gasteiger partial charge in [-0.2, -0.15) is 13.5 Å². The van der Waals surface area contributed by atoms with Crippen molar-refractivity contribution in [1.82, 2.24) is 15.1 Å². The summed E-state index contributed by atoms with van der Waals surface area (Å²) < 4.78 is 26.3. The molecule has 1 aromatic carbocycles. The third-order valence-corrected chi connectivity index (χ3v) is 3.87. The number of nitrogens with one attached hydrogen (secondary N) is 2. The molecule has 7 nitrogen and oxygen atoms in total. The molecule has 0 saturated carbocycles. The maximum Gasteiger partial charge on any atom is 0.278 e. The highest BCUT2D eigenvalue weighted by Crippen LogP contribution is 2.15. The van der Waals surface area contributed by atoms with Crippen molar-refractivity contribution in [2.24, 2.45) is 0 Å². The van der Waals surface area contributed by atoms with E-state index < -0.39 is 10.0 Å². The molecule has 0 fully saturated rings. The number of hydrogen-bond donors (Lipinski definition) is 2. The maximum absolute atomic E-state index is 11.9. The lowest BCUT2D eigenvalue weighted by molar-refractivity contribution is 0.0827. The molecule has 20 heavy (non-hydrogen) atoms. The van der Waals surface area contributed by atoms with Crippen LogP contribution in [0, 0.1) is 0 Å². The topological polar surface area (TPSA) is 95.2 Å². The molecule has 0 saturated heterocycles. The van der Waals surface area contributed by atoms with Gasteiger partial charge in [-0.15, -0.1) is 0 Å². The molecule has 2 N–H and O–H groups in total. The minimum absolute atomic E-state index is 0.0223. The Bertz CT molecular complexity index is 691. The number of aromatic nitrogens is 2. The summed E-state index contributed by atoms with van der Waals surface area (Å²) in [5.41, 5.74) is 0.856. The molecule has 0 aliphatic heterocycles. The van der Waals surface area contributed by atoms with E-state index in [9.17, 15) is 13.2 Å². The molecule has 0 spiro atoms. The van der Waals surface area contributed by atoms with Gasteiger partial charge in [0.05, 0.1) is 6.20 Å². The first-order valence-electron chi connectivity index (χ1n) is 5.74. The van der Waals surface area contributed by atoms with Crippen molar-refractivity contribution in [3.63, 3.8) is 0 Å². The molecular formula is C12H14N4O3S. The molecule has 1 aromatic heterocycles. The summed E-state index contributed by atoms with van der Waals surface area (Å²) in [6.07, 6.45) is 1.35. The summed E-state index contributed by atoms with van der Waals surface area (Å²) in [5, 5.41) is 5.95. The van der Waals surface area contributed by atoms with Crippen molar-refractivity contribution < 1.29 is 13.2 Å². The van der Waals surface area contributed by atoms with Gasteiger partial charge in [-0.3, -0.25) is 14.6 Å². The zero-order valence-corrected chi connectivity index (χ0v) is 11.8. The van der Waals surface area contributed by atoms with E-state index in [0.717, 1.165) is 0 Å². The summed E-state index contributed by atoms with van der Waals surface area (Å²) in [5.74, 6) is -0.145. The van der Waals surface area contributed by atoms with Crippen LogP contribution in [0.2, 0.25) is 0 Å². The molecule has 1 amide bonds. The van der Waals surface area contributed by atoms with Gasteiger partial charge < -0.3 is 4.90 Å². The van der Waals surface area contributed by atoms with E-state index in [0.29, 0.717) is 11.3 Å². The molecule has 0 atom stereocenters. The molecule has 0 radical (unpaired) electrons. The summed E-state index contributed by atoms with van der Waals surface area (Å²) in [6.45, 7) is 0. The number of hydrogen-bond acceptors (Lipinski definition) is 4. The predicted molar refractivity (Wildman–Crippen MR) is 73.9 cm³/mol. The van der Waals surface area contributed by atoms with E-state index >= 15 is 0 Å². The van der Waals surface area contributed by atoms with E-state index in [1.165, 1.54) is 29.3 Å². The average Bonchev–Trinajstić information content (AvgIpc) is 2.93. The van der Waals surface area contributed by atoms with Gasteiger partial charge in [-0.05, 0) is 30.3 Å². The van der Waals surface area contributed by atoms with Crippen LogP contribution in [0.15, 0.2) is 41.6 Å². The fourth-order valence-corrected chi connectivity index (χ4v) is 2.51. The van der Waals surface area contributed by atoms with Crippen LogP contribution in [-0.4, -0.2) is 43.5 Å². The van der Waals surface area contributed by atoms with Crippen LogP contribution in [-0.2, 0) is 10.0 Å². The fourth-order valence-electron chi connectivity index (χ4n) is 1.54. The quantitative estimate of drug-likeness (QED) is 0.876. The van der Waals surface area contributed by atoms with Crippen LogP contribution in [0.3, 0.4) is 0 Å². The lowest BCUT2D eigenvalue weighted by atomic mass is 10.2. The van der Waals surface area contributed by atoms with Gasteiger partial charge in [0.25, 0.3) is 15.9 Å². The Morgan fingerprint density at radius 3 is 2.35 bits per heavy atom. The van der Waals surface area contributed by atoms with Crippen LogP contribution in [0.25, 0.3) is 0 Å². The van der Waals surface area contributed by atoms with E-state index in [2.05, 4.69) is 14.9 Å². The number of H-pyrrole nitrogens is 1. The number of carbonyl (C=O) groups excluding carboxylic acids is 1. The zero-order chi connectivity index (χ0) is 14.8. The normalized spacial score (nSPS) is 11.1. The number of amides is 1. The van der Waals surface area contributed by atoms with Gasteiger partial charge in [0, 0.05) is 25.3 Å². The molecule has 2 rings (SSSR count). The smallest absolute Gasteiger partial charge is 0.278 e. The Labute approximate surface area is 116 Å². The molecule has 2 aromatic rings. The number of rotatable bonds is 4. The van der Waals surface area contributed by atoms with E-state index in [4.69, 9.17) is 0 Å². The lowest BCUT2D eigenvalue weighted by Gasteiger charge is -2.11. The average molecular weight is 294 g/mol. The standard InChI is InChI=1S/C12H14N4O3S/c1-16(2)12(17)9-3-5-10(6-4-9)15-20(18,19)11-7-8-13-14-11/h3-8,15H,1-2H3,(H,13,14). The summed E-state index contributed by atoms with van der Waals surface area (Å²) >= 11 is 0. The number of carbonyl (C=O) groups is 1. The van der Waals surface area contributed by atoms with Gasteiger partial charge in [0.1, 0.15) is 0 Å². The number of anilines is 1. The van der Waals surface area contributed by atoms with E-state index in [-0.39, 0.29) is 10.9 Å². The highest BCUT2D eigenvalue weighted by molar-refractivity contribution is 7.92. The van der Waals surface area contributed by atoms with Crippen LogP contribution in [0.4, 0.5) is 5.69 Å². The third-order valence-electron chi connectivity index (χ3n) is 2.55. The van der Waals surface area contributed by atoms with Gasteiger partial charge in [0.2, 0.25) is 0 Å². The third kappa shape index (κ3) is 2.97. The molecule has 8 heteroatoms. The highest BCUT2D eigenvalue weighted by atomic mass is 32.2. The summed E-state index contributed by atoms with van der Waals surface area (Å²) in [7, 11) is -0.383. The number of sulfonamides is 1. The van der Waals surface area contributed by atoms with Gasteiger partial charge in [-0.25, -0.2) is 0 Å². The van der Waals surface area contributed by atoms with Gasteiger partial charge >= 0.3 is 0 Å². The zero-order valence-electron chi connectivity index (χ0n) is 11.0. The Hall–Kier alpha value is -2.35. The Morgan fingerprint density at radius 1 is 1.20 bits per heavy atom. The fraction of sp³-hybridized carbons (Fsp3) is 0.167. The number of nitrogens with zero attached hydrogens (tertiary/aromatic N) is 2. The highest BCUT2D eigenvalue weighted by Gasteiger charge is 2.15. The van der Waals surface area contributed by atoms with Crippen LogP contribution in [0.1, 0.15) is 10.4 Å². The maximum atomic E-state index is 11.9. The molecule has 0 aliphatic rings. The number of benzene rings is 1. The molecule has 0 aliphatic carbocycles. The van der Waals surface area contributed by atoms with Crippen molar-refractivity contribution in [3.05, 3.63) is 42.1 Å². The SMILES string of the molecule is CN(C)C(=O)c1ccc(NS(=O)(=O)c2ccn[nH]2)cc1. The van der Waals surface area contributed by atoms with E-state index in [1.54, 1.807) is 26.2 Å². The monoisotopic (exact) mass is 294 g/mol. The van der Waals surface area contributed by atoms with Gasteiger partial charge in [0.15, 0.2) is 5.03 Å². The van der Waals surface area contributed by atoms with Crippen LogP contribution in [0.5, 0.6) is 0 Å². The number of aromatic amines is 1. The van der Waals surface area contributed by atoms with Crippen molar-refractivity contribution in [3.8, 4) is 0 Å². The largest absolute Gasteiger partial charge is 0.345 e. The Morgan fingerprint density at radius 2 is 1.85 bits per heavy atom. The molecular weight excluding hydrogens is 280 g/mol. The van der Waals surface area contributed by atoms with Crippen molar-refractivity contribution >= 4 is 21.6 Å². The molecule has 1 heterocycles. The second-order valence-electron chi connectivity index (χ2n) is 4.30. The first-order valence-corrected chi connectivity index (χ1v) is 7.22. The second kappa shape index (κ2) is 5.33.